The van der Waals surface area contributed by atoms with Gasteiger partial charge in [-0.25, -0.2) is 0 Å². The minimum absolute atomic E-state index is 0.239. The molecule has 0 aliphatic rings. The lowest BCUT2D eigenvalue weighted by atomic mass is 10.3. The van der Waals surface area contributed by atoms with Crippen molar-refractivity contribution in [3.63, 3.8) is 0 Å². The van der Waals surface area contributed by atoms with E-state index in [1.165, 1.54) is 0 Å². The zero-order chi connectivity index (χ0) is 13.7. The number of pyridine rings is 1. The monoisotopic (exact) mass is 274 g/mol. The molecule has 2 N–H and O–H groups in total. The van der Waals surface area contributed by atoms with Gasteiger partial charge in [-0.1, -0.05) is 24.4 Å². The van der Waals surface area contributed by atoms with Crippen LogP contribution >= 0.6 is 12.2 Å². The van der Waals surface area contributed by atoms with E-state index in [1.807, 2.05) is 31.2 Å². The molecule has 0 saturated heterocycles. The van der Waals surface area contributed by atoms with Gasteiger partial charge in [0.2, 0.25) is 0 Å². The van der Waals surface area contributed by atoms with Gasteiger partial charge in [0.15, 0.2) is 11.5 Å². The summed E-state index contributed by atoms with van der Waals surface area (Å²) in [7, 11) is 0. The predicted molar refractivity (Wildman–Crippen MR) is 77.8 cm³/mol. The summed E-state index contributed by atoms with van der Waals surface area (Å²) in [6, 6.07) is 10.9. The summed E-state index contributed by atoms with van der Waals surface area (Å²) < 4.78 is 11.3. The van der Waals surface area contributed by atoms with Crippen LogP contribution in [0.15, 0.2) is 42.6 Å². The van der Waals surface area contributed by atoms with Gasteiger partial charge in [-0.2, -0.15) is 0 Å². The number of hydrogen-bond donors (Lipinski definition) is 1. The van der Waals surface area contributed by atoms with Crippen molar-refractivity contribution in [3.8, 4) is 17.2 Å². The maximum Gasteiger partial charge on any atom is 0.169 e. The van der Waals surface area contributed by atoms with E-state index in [-0.39, 0.29) is 4.99 Å². The SMILES string of the molecule is CCOc1ccccc1Oc1ccnc(C(N)=S)c1. The molecular formula is C14H14N2O2S. The Hall–Kier alpha value is -2.14. The highest BCUT2D eigenvalue weighted by Gasteiger charge is 2.06. The summed E-state index contributed by atoms with van der Waals surface area (Å²) in [6.07, 6.45) is 1.60. The highest BCUT2D eigenvalue weighted by atomic mass is 32.1. The molecule has 1 aromatic heterocycles. The maximum absolute atomic E-state index is 5.77. The summed E-state index contributed by atoms with van der Waals surface area (Å²) in [6.45, 7) is 2.50. The highest BCUT2D eigenvalue weighted by molar-refractivity contribution is 7.80. The molecule has 0 amide bonds. The molecule has 1 heterocycles. The molecule has 2 aromatic rings. The number of benzene rings is 1. The molecule has 0 atom stereocenters. The van der Waals surface area contributed by atoms with Crippen molar-refractivity contribution >= 4 is 17.2 Å². The van der Waals surface area contributed by atoms with E-state index in [9.17, 15) is 0 Å². The Kier molecular flexibility index (Phi) is 4.30. The highest BCUT2D eigenvalue weighted by Crippen LogP contribution is 2.31. The van der Waals surface area contributed by atoms with E-state index >= 15 is 0 Å². The third kappa shape index (κ3) is 3.42. The zero-order valence-electron chi connectivity index (χ0n) is 10.5. The fourth-order valence-corrected chi connectivity index (χ4v) is 1.66. The average molecular weight is 274 g/mol. The first-order chi connectivity index (χ1) is 9.20. The van der Waals surface area contributed by atoms with E-state index in [2.05, 4.69) is 4.98 Å². The normalized spacial score (nSPS) is 9.95. The lowest BCUT2D eigenvalue weighted by molar-refractivity contribution is 0.321. The van der Waals surface area contributed by atoms with Crippen LogP contribution in [-0.2, 0) is 0 Å². The maximum atomic E-state index is 5.77. The Morgan fingerprint density at radius 2 is 2.00 bits per heavy atom. The van der Waals surface area contributed by atoms with Gasteiger partial charge in [-0.3, -0.25) is 4.98 Å². The largest absolute Gasteiger partial charge is 0.490 e. The van der Waals surface area contributed by atoms with Crippen LogP contribution in [0.4, 0.5) is 0 Å². The summed E-state index contributed by atoms with van der Waals surface area (Å²) >= 11 is 4.89. The minimum Gasteiger partial charge on any atom is -0.490 e. The molecular weight excluding hydrogens is 260 g/mol. The number of nitrogens with zero attached hydrogens (tertiary/aromatic N) is 1. The Bertz CT molecular complexity index is 587. The standard InChI is InChI=1S/C14H14N2O2S/c1-2-17-12-5-3-4-6-13(12)18-10-7-8-16-11(9-10)14(15)19/h3-9H,2H2,1H3,(H2,15,19). The van der Waals surface area contributed by atoms with Gasteiger partial charge in [-0.15, -0.1) is 0 Å². The molecule has 0 aliphatic heterocycles. The third-order valence-corrected chi connectivity index (χ3v) is 2.57. The van der Waals surface area contributed by atoms with Gasteiger partial charge >= 0.3 is 0 Å². The van der Waals surface area contributed by atoms with E-state index in [0.717, 1.165) is 0 Å². The molecule has 4 nitrogen and oxygen atoms in total. The summed E-state index contributed by atoms with van der Waals surface area (Å²) in [5.74, 6) is 1.95. The van der Waals surface area contributed by atoms with Crippen LogP contribution in [0.1, 0.15) is 12.6 Å². The molecule has 0 radical (unpaired) electrons. The second-order valence-corrected chi connectivity index (χ2v) is 4.16. The lowest BCUT2D eigenvalue weighted by Crippen LogP contribution is -2.11. The Balaban J connectivity index is 2.26. The molecule has 0 bridgehead atoms. The number of para-hydroxylation sites is 2. The fraction of sp³-hybridized carbons (Fsp3) is 0.143. The third-order valence-electron chi connectivity index (χ3n) is 2.36. The van der Waals surface area contributed by atoms with Gasteiger partial charge in [0.1, 0.15) is 16.4 Å². The number of ether oxygens (including phenoxy) is 2. The molecule has 0 saturated carbocycles. The van der Waals surface area contributed by atoms with Gasteiger partial charge in [0.05, 0.1) is 6.61 Å². The van der Waals surface area contributed by atoms with Crippen LogP contribution in [-0.4, -0.2) is 16.6 Å². The van der Waals surface area contributed by atoms with Crippen molar-refractivity contribution in [2.45, 2.75) is 6.92 Å². The topological polar surface area (TPSA) is 57.4 Å². The predicted octanol–water partition coefficient (Wildman–Crippen LogP) is 2.91. The van der Waals surface area contributed by atoms with Crippen molar-refractivity contribution < 1.29 is 9.47 Å². The fourth-order valence-electron chi connectivity index (χ4n) is 1.55. The average Bonchev–Trinajstić information content (AvgIpc) is 2.41. The minimum atomic E-state index is 0.239. The van der Waals surface area contributed by atoms with Gasteiger partial charge < -0.3 is 15.2 Å². The van der Waals surface area contributed by atoms with E-state index in [0.29, 0.717) is 29.5 Å². The Morgan fingerprint density at radius 1 is 1.26 bits per heavy atom. The van der Waals surface area contributed by atoms with Crippen LogP contribution in [0.2, 0.25) is 0 Å². The molecule has 0 fully saturated rings. The van der Waals surface area contributed by atoms with Gasteiger partial charge in [0, 0.05) is 12.3 Å². The number of rotatable bonds is 5. The molecule has 5 heteroatoms. The molecule has 2 rings (SSSR count). The Morgan fingerprint density at radius 3 is 2.68 bits per heavy atom. The van der Waals surface area contributed by atoms with Gasteiger partial charge in [0.25, 0.3) is 0 Å². The van der Waals surface area contributed by atoms with Crippen LogP contribution < -0.4 is 15.2 Å². The summed E-state index contributed by atoms with van der Waals surface area (Å²) in [5, 5.41) is 0. The second-order valence-electron chi connectivity index (χ2n) is 3.72. The quantitative estimate of drug-likeness (QED) is 0.850. The molecule has 0 aliphatic carbocycles. The first-order valence-electron chi connectivity index (χ1n) is 5.86. The first kappa shape index (κ1) is 13.3. The van der Waals surface area contributed by atoms with Crippen molar-refractivity contribution in [1.82, 2.24) is 4.98 Å². The van der Waals surface area contributed by atoms with Crippen molar-refractivity contribution in [1.29, 1.82) is 0 Å². The van der Waals surface area contributed by atoms with Crippen LogP contribution in [0, 0.1) is 0 Å². The molecule has 0 spiro atoms. The molecule has 98 valence electrons. The van der Waals surface area contributed by atoms with Crippen LogP contribution in [0.3, 0.4) is 0 Å². The van der Waals surface area contributed by atoms with Crippen LogP contribution in [0.25, 0.3) is 0 Å². The zero-order valence-corrected chi connectivity index (χ0v) is 11.3. The molecule has 19 heavy (non-hydrogen) atoms. The van der Waals surface area contributed by atoms with E-state index in [4.69, 9.17) is 27.4 Å². The number of hydrogen-bond acceptors (Lipinski definition) is 4. The van der Waals surface area contributed by atoms with Crippen molar-refractivity contribution in [2.24, 2.45) is 5.73 Å². The molecule has 1 aromatic carbocycles. The second kappa shape index (κ2) is 6.15. The van der Waals surface area contributed by atoms with Gasteiger partial charge in [-0.05, 0) is 25.1 Å². The molecule has 0 unspecified atom stereocenters. The number of nitrogens with two attached hydrogens (primary N) is 1. The summed E-state index contributed by atoms with van der Waals surface area (Å²) in [5.41, 5.74) is 6.07. The van der Waals surface area contributed by atoms with Crippen LogP contribution in [0.5, 0.6) is 17.2 Å². The van der Waals surface area contributed by atoms with Crippen molar-refractivity contribution in [3.05, 3.63) is 48.3 Å². The smallest absolute Gasteiger partial charge is 0.169 e. The first-order valence-corrected chi connectivity index (χ1v) is 6.27. The number of thiocarbonyl (C=S) groups is 1. The lowest BCUT2D eigenvalue weighted by Gasteiger charge is -2.11. The number of aromatic nitrogens is 1. The summed E-state index contributed by atoms with van der Waals surface area (Å²) in [4.78, 5) is 4.30. The van der Waals surface area contributed by atoms with Crippen molar-refractivity contribution in [2.75, 3.05) is 6.61 Å². The Labute approximate surface area is 117 Å². The van der Waals surface area contributed by atoms with E-state index in [1.54, 1.807) is 18.3 Å². The van der Waals surface area contributed by atoms with E-state index < -0.39 is 0 Å².